The van der Waals surface area contributed by atoms with Gasteiger partial charge in [-0.1, -0.05) is 66.2 Å². The van der Waals surface area contributed by atoms with E-state index in [4.69, 9.17) is 0 Å². The van der Waals surface area contributed by atoms with Crippen molar-refractivity contribution >= 4 is 17.5 Å². The smallest absolute Gasteiger partial charge is 0.347 e. The Hall–Kier alpha value is -5.12. The average Bonchev–Trinajstić information content (AvgIpc) is 3.35. The minimum absolute atomic E-state index is 0.0194. The second kappa shape index (κ2) is 9.20. The van der Waals surface area contributed by atoms with E-state index in [1.54, 1.807) is 18.2 Å². The maximum Gasteiger partial charge on any atom is 0.347 e. The number of hydrogen-bond acceptors (Lipinski definition) is 6. The number of aryl methyl sites for hydroxylation is 1. The Balaban J connectivity index is 1.50. The lowest BCUT2D eigenvalue weighted by molar-refractivity contribution is -0.138. The van der Waals surface area contributed by atoms with Gasteiger partial charge in [-0.3, -0.25) is 15.0 Å². The molecule has 42 heavy (non-hydrogen) atoms. The van der Waals surface area contributed by atoms with E-state index in [9.17, 15) is 24.3 Å². The SMILES string of the molecule is Cc1ccc(NN2C(=O)[C@@H]3C[C@@H]4C(=CCn5c(=O)n(C)c(=O)n54)[C@H](c4cccc(O)c4)[C@]3(c3ccccc3)C2=O)cc1. The van der Waals surface area contributed by atoms with Gasteiger partial charge in [0.2, 0.25) is 0 Å². The summed E-state index contributed by atoms with van der Waals surface area (Å²) >= 11 is 0. The Kier molecular flexibility index (Phi) is 5.66. The highest BCUT2D eigenvalue weighted by Gasteiger charge is 2.68. The number of phenols is 1. The van der Waals surface area contributed by atoms with E-state index in [0.29, 0.717) is 16.8 Å². The van der Waals surface area contributed by atoms with Crippen LogP contribution in [0.5, 0.6) is 5.75 Å². The van der Waals surface area contributed by atoms with Crippen LogP contribution in [-0.2, 0) is 28.6 Å². The Morgan fingerprint density at radius 2 is 1.64 bits per heavy atom. The van der Waals surface area contributed by atoms with Crippen LogP contribution in [0.3, 0.4) is 0 Å². The molecular formula is C32H29N5O5. The molecule has 2 N–H and O–H groups in total. The Bertz CT molecular complexity index is 1900. The number of allylic oxidation sites excluding steroid dienone is 2. The fourth-order valence-electron chi connectivity index (χ4n) is 7.20. The molecule has 0 spiro atoms. The molecule has 1 aromatic heterocycles. The van der Waals surface area contributed by atoms with Gasteiger partial charge in [0.15, 0.2) is 0 Å². The molecule has 4 aromatic rings. The summed E-state index contributed by atoms with van der Waals surface area (Å²) in [7, 11) is 1.43. The van der Waals surface area contributed by atoms with Crippen LogP contribution in [0.4, 0.5) is 5.69 Å². The number of fused-ring (bicyclic) bond motifs is 4. The van der Waals surface area contributed by atoms with Crippen molar-refractivity contribution < 1.29 is 14.7 Å². The maximum atomic E-state index is 14.9. The maximum absolute atomic E-state index is 14.9. The standard InChI is InChI=1S/C32H29N5O5/c1-19-11-13-22(14-12-19)33-36-28(39)25-18-26-24(15-16-35-30(41)34(2)31(42)37(26)35)27(20-7-6-10-23(38)17-20)32(25,29(36)40)21-8-4-3-5-9-21/h3-15,17,25-27,33,38H,16,18H2,1-2H3/t25-,26+,27-,32+/m0/s1. The summed E-state index contributed by atoms with van der Waals surface area (Å²) in [5, 5.41) is 11.7. The third-order valence-electron chi connectivity index (χ3n) is 9.05. The van der Waals surface area contributed by atoms with Crippen molar-refractivity contribution in [3.63, 3.8) is 0 Å². The number of anilines is 1. The van der Waals surface area contributed by atoms with Crippen molar-refractivity contribution in [1.29, 1.82) is 0 Å². The molecule has 10 nitrogen and oxygen atoms in total. The molecular weight excluding hydrogens is 534 g/mol. The molecule has 1 saturated heterocycles. The number of amides is 2. The zero-order valence-corrected chi connectivity index (χ0v) is 23.1. The van der Waals surface area contributed by atoms with Gasteiger partial charge >= 0.3 is 11.4 Å². The highest BCUT2D eigenvalue weighted by atomic mass is 16.3. The highest BCUT2D eigenvalue weighted by Crippen LogP contribution is 2.61. The van der Waals surface area contributed by atoms with Crippen LogP contribution in [0.1, 0.15) is 35.1 Å². The van der Waals surface area contributed by atoms with Gasteiger partial charge < -0.3 is 5.11 Å². The van der Waals surface area contributed by atoms with Crippen LogP contribution < -0.4 is 16.8 Å². The van der Waals surface area contributed by atoms with Crippen LogP contribution in [0.15, 0.2) is 100 Å². The molecule has 7 rings (SSSR count). The lowest BCUT2D eigenvalue weighted by Gasteiger charge is -2.49. The molecule has 10 heteroatoms. The van der Waals surface area contributed by atoms with E-state index in [1.165, 1.54) is 16.4 Å². The number of carbonyl (C=O) groups excluding carboxylic acids is 2. The van der Waals surface area contributed by atoms with Crippen LogP contribution in [-0.4, -0.2) is 35.9 Å². The minimum Gasteiger partial charge on any atom is -0.508 e. The number of rotatable bonds is 4. The number of hydrogen-bond donors (Lipinski definition) is 2. The molecule has 3 aliphatic rings. The van der Waals surface area contributed by atoms with Crippen LogP contribution in [0.25, 0.3) is 0 Å². The molecule has 212 valence electrons. The molecule has 2 fully saturated rings. The number of carbonyl (C=O) groups is 2. The molecule has 1 aliphatic carbocycles. The van der Waals surface area contributed by atoms with E-state index in [2.05, 4.69) is 5.43 Å². The van der Waals surface area contributed by atoms with Gasteiger partial charge in [0.05, 0.1) is 29.6 Å². The van der Waals surface area contributed by atoms with E-state index in [0.717, 1.165) is 20.7 Å². The molecule has 3 aromatic carbocycles. The number of benzene rings is 3. The molecule has 2 aliphatic heterocycles. The third kappa shape index (κ3) is 3.44. The Morgan fingerprint density at radius 1 is 0.905 bits per heavy atom. The van der Waals surface area contributed by atoms with Crippen LogP contribution in [0, 0.1) is 12.8 Å². The number of hydrazine groups is 1. The fraction of sp³-hybridized carbons (Fsp3) is 0.250. The number of phenolic OH excluding ortho intramolecular Hbond substituents is 1. The molecule has 0 bridgehead atoms. The summed E-state index contributed by atoms with van der Waals surface area (Å²) in [5.74, 6) is -2.41. The first-order valence-electron chi connectivity index (χ1n) is 13.9. The predicted molar refractivity (Wildman–Crippen MR) is 155 cm³/mol. The lowest BCUT2D eigenvalue weighted by atomic mass is 9.53. The van der Waals surface area contributed by atoms with Gasteiger partial charge in [-0.05, 0) is 54.3 Å². The molecule has 3 heterocycles. The second-order valence-electron chi connectivity index (χ2n) is 11.3. The topological polar surface area (TPSA) is 119 Å². The average molecular weight is 564 g/mol. The van der Waals surface area contributed by atoms with Crippen molar-refractivity contribution in [3.05, 3.63) is 128 Å². The van der Waals surface area contributed by atoms with E-state index in [-0.39, 0.29) is 18.7 Å². The summed E-state index contributed by atoms with van der Waals surface area (Å²) in [6.45, 7) is 2.09. The van der Waals surface area contributed by atoms with Crippen molar-refractivity contribution in [2.45, 2.75) is 37.3 Å². The monoisotopic (exact) mass is 563 g/mol. The number of aromatic nitrogens is 3. The quantitative estimate of drug-likeness (QED) is 0.291. The van der Waals surface area contributed by atoms with Gasteiger partial charge in [-0.25, -0.2) is 23.5 Å². The van der Waals surface area contributed by atoms with Crippen LogP contribution in [0.2, 0.25) is 0 Å². The predicted octanol–water partition coefficient (Wildman–Crippen LogP) is 2.98. The van der Waals surface area contributed by atoms with Gasteiger partial charge in [0.1, 0.15) is 5.75 Å². The summed E-state index contributed by atoms with van der Waals surface area (Å²) in [5.41, 5.74) is 4.44. The largest absolute Gasteiger partial charge is 0.508 e. The van der Waals surface area contributed by atoms with Gasteiger partial charge in [0.25, 0.3) is 11.8 Å². The van der Waals surface area contributed by atoms with E-state index >= 15 is 0 Å². The Morgan fingerprint density at radius 3 is 2.36 bits per heavy atom. The first kappa shape index (κ1) is 25.8. The lowest BCUT2D eigenvalue weighted by Crippen LogP contribution is -2.53. The second-order valence-corrected chi connectivity index (χ2v) is 11.3. The number of aromatic hydroxyl groups is 1. The van der Waals surface area contributed by atoms with Crippen molar-refractivity contribution in [3.8, 4) is 5.75 Å². The number of nitrogens with one attached hydrogen (secondary N) is 1. The normalized spacial score (nSPS) is 24.6. The summed E-state index contributed by atoms with van der Waals surface area (Å²) < 4.78 is 3.87. The first-order valence-corrected chi connectivity index (χ1v) is 13.9. The highest BCUT2D eigenvalue weighted by molar-refractivity contribution is 6.12. The molecule has 0 unspecified atom stereocenters. The molecule has 4 atom stereocenters. The van der Waals surface area contributed by atoms with Gasteiger partial charge in [0, 0.05) is 13.0 Å². The number of nitrogens with zero attached hydrogens (tertiary/aromatic N) is 4. The zero-order chi connectivity index (χ0) is 29.3. The van der Waals surface area contributed by atoms with Gasteiger partial charge in [-0.2, -0.15) is 5.01 Å². The zero-order valence-electron chi connectivity index (χ0n) is 23.1. The third-order valence-corrected chi connectivity index (χ3v) is 9.05. The molecule has 2 amide bonds. The van der Waals surface area contributed by atoms with E-state index < -0.39 is 46.5 Å². The minimum atomic E-state index is -1.38. The number of imide groups is 1. The summed E-state index contributed by atoms with van der Waals surface area (Å²) in [6, 6.07) is 22.7. The molecule has 1 saturated carbocycles. The van der Waals surface area contributed by atoms with Gasteiger partial charge in [-0.15, -0.1) is 0 Å². The Labute approximate surface area is 240 Å². The van der Waals surface area contributed by atoms with Crippen LogP contribution >= 0.6 is 0 Å². The molecule has 0 radical (unpaired) electrons. The van der Waals surface area contributed by atoms with Crippen molar-refractivity contribution in [2.24, 2.45) is 13.0 Å². The summed E-state index contributed by atoms with van der Waals surface area (Å²) in [6.07, 6.45) is 2.03. The van der Waals surface area contributed by atoms with Crippen molar-refractivity contribution in [1.82, 2.24) is 18.9 Å². The summed E-state index contributed by atoms with van der Waals surface area (Å²) in [4.78, 5) is 55.6. The fourth-order valence-corrected chi connectivity index (χ4v) is 7.20. The first-order chi connectivity index (χ1) is 20.2. The van der Waals surface area contributed by atoms with E-state index in [1.807, 2.05) is 73.7 Å². The van der Waals surface area contributed by atoms with Crippen molar-refractivity contribution in [2.75, 3.05) is 5.43 Å².